The molecule has 0 radical (unpaired) electrons. The lowest BCUT2D eigenvalue weighted by Crippen LogP contribution is -2.15. The van der Waals surface area contributed by atoms with Crippen LogP contribution in [0.3, 0.4) is 0 Å². The molecule has 3 aromatic carbocycles. The van der Waals surface area contributed by atoms with E-state index in [1.165, 1.54) is 6.07 Å². The van der Waals surface area contributed by atoms with E-state index in [1.807, 2.05) is 54.6 Å². The van der Waals surface area contributed by atoms with E-state index in [2.05, 4.69) is 10.3 Å². The Hall–Kier alpha value is -3.73. The molecule has 0 atom stereocenters. The Morgan fingerprint density at radius 3 is 2.46 bits per heavy atom. The SMILES string of the molecule is O=C(Nc1ccccc1Cc1ccccc1)c1ncoc1-c1ccccc1F. The van der Waals surface area contributed by atoms with E-state index in [1.54, 1.807) is 18.2 Å². The van der Waals surface area contributed by atoms with Gasteiger partial charge in [-0.1, -0.05) is 60.7 Å². The third-order valence-electron chi connectivity index (χ3n) is 4.40. The minimum atomic E-state index is -0.474. The molecule has 0 saturated carbocycles. The van der Waals surface area contributed by atoms with Gasteiger partial charge >= 0.3 is 0 Å². The Labute approximate surface area is 161 Å². The van der Waals surface area contributed by atoms with Crippen LogP contribution in [0.2, 0.25) is 0 Å². The number of nitrogens with zero attached hydrogens (tertiary/aromatic N) is 1. The van der Waals surface area contributed by atoms with Gasteiger partial charge in [0.25, 0.3) is 5.91 Å². The first-order valence-corrected chi connectivity index (χ1v) is 8.84. The maximum atomic E-state index is 14.1. The van der Waals surface area contributed by atoms with Crippen molar-refractivity contribution in [3.8, 4) is 11.3 Å². The Bertz CT molecular complexity index is 1110. The van der Waals surface area contributed by atoms with Crippen molar-refractivity contribution < 1.29 is 13.6 Å². The summed E-state index contributed by atoms with van der Waals surface area (Å²) in [5, 5.41) is 2.88. The van der Waals surface area contributed by atoms with Crippen molar-refractivity contribution in [2.45, 2.75) is 6.42 Å². The van der Waals surface area contributed by atoms with Crippen molar-refractivity contribution >= 4 is 11.6 Å². The van der Waals surface area contributed by atoms with Crippen LogP contribution >= 0.6 is 0 Å². The fourth-order valence-electron chi connectivity index (χ4n) is 3.04. The zero-order valence-electron chi connectivity index (χ0n) is 14.9. The van der Waals surface area contributed by atoms with E-state index in [9.17, 15) is 9.18 Å². The van der Waals surface area contributed by atoms with Crippen LogP contribution in [0.4, 0.5) is 10.1 Å². The number of carbonyl (C=O) groups is 1. The molecule has 0 aliphatic rings. The minimum absolute atomic E-state index is 0.0413. The standard InChI is InChI=1S/C23H17FN2O2/c24-19-12-6-5-11-18(19)22-21(25-15-28-22)23(27)26-20-13-7-4-10-17(20)14-16-8-2-1-3-9-16/h1-13,15H,14H2,(H,26,27). The highest BCUT2D eigenvalue weighted by Crippen LogP contribution is 2.27. The van der Waals surface area contributed by atoms with Crippen molar-refractivity contribution in [3.05, 3.63) is 108 Å². The fraction of sp³-hybridized carbons (Fsp3) is 0.0435. The second-order valence-corrected chi connectivity index (χ2v) is 6.28. The molecular formula is C23H17FN2O2. The van der Waals surface area contributed by atoms with Crippen molar-refractivity contribution in [3.63, 3.8) is 0 Å². The monoisotopic (exact) mass is 372 g/mol. The molecule has 138 valence electrons. The summed E-state index contributed by atoms with van der Waals surface area (Å²) >= 11 is 0. The van der Waals surface area contributed by atoms with Gasteiger partial charge in [0.05, 0.1) is 5.56 Å². The topological polar surface area (TPSA) is 55.1 Å². The van der Waals surface area contributed by atoms with Crippen LogP contribution in [0.15, 0.2) is 89.7 Å². The number of rotatable bonds is 5. The summed E-state index contributed by atoms with van der Waals surface area (Å²) in [6, 6.07) is 23.7. The third kappa shape index (κ3) is 3.69. The first-order valence-electron chi connectivity index (χ1n) is 8.84. The molecule has 0 bridgehead atoms. The van der Waals surface area contributed by atoms with Crippen molar-refractivity contribution in [2.24, 2.45) is 0 Å². The van der Waals surface area contributed by atoms with Crippen LogP contribution in [-0.4, -0.2) is 10.9 Å². The highest BCUT2D eigenvalue weighted by Gasteiger charge is 2.21. The third-order valence-corrected chi connectivity index (χ3v) is 4.40. The predicted octanol–water partition coefficient (Wildman–Crippen LogP) is 5.32. The zero-order chi connectivity index (χ0) is 19.3. The molecule has 1 heterocycles. The first-order chi connectivity index (χ1) is 13.7. The van der Waals surface area contributed by atoms with Crippen LogP contribution in [0.1, 0.15) is 21.6 Å². The normalized spacial score (nSPS) is 10.6. The van der Waals surface area contributed by atoms with Gasteiger partial charge in [0.1, 0.15) is 5.82 Å². The number of amides is 1. The maximum absolute atomic E-state index is 14.1. The minimum Gasteiger partial charge on any atom is -0.443 e. The summed E-state index contributed by atoms with van der Waals surface area (Å²) in [7, 11) is 0. The second kappa shape index (κ2) is 7.88. The Kier molecular flexibility index (Phi) is 4.97. The Morgan fingerprint density at radius 2 is 1.64 bits per heavy atom. The van der Waals surface area contributed by atoms with Gasteiger partial charge in [-0.05, 0) is 35.7 Å². The molecule has 0 fully saturated rings. The van der Waals surface area contributed by atoms with Gasteiger partial charge < -0.3 is 9.73 Å². The summed E-state index contributed by atoms with van der Waals surface area (Å²) in [5.41, 5.74) is 3.02. The number of halogens is 1. The number of oxazole rings is 1. The van der Waals surface area contributed by atoms with Crippen LogP contribution in [-0.2, 0) is 6.42 Å². The Morgan fingerprint density at radius 1 is 0.929 bits per heavy atom. The van der Waals surface area contributed by atoms with Crippen LogP contribution in [0, 0.1) is 5.82 Å². The molecule has 1 amide bonds. The number of nitrogens with one attached hydrogen (secondary N) is 1. The predicted molar refractivity (Wildman–Crippen MR) is 106 cm³/mol. The number of hydrogen-bond donors (Lipinski definition) is 1. The van der Waals surface area contributed by atoms with Crippen LogP contribution in [0.5, 0.6) is 0 Å². The number of anilines is 1. The molecule has 0 aliphatic carbocycles. The van der Waals surface area contributed by atoms with E-state index in [0.717, 1.165) is 17.5 Å². The molecule has 4 aromatic rings. The van der Waals surface area contributed by atoms with E-state index in [-0.39, 0.29) is 17.0 Å². The summed E-state index contributed by atoms with van der Waals surface area (Å²) in [6.07, 6.45) is 1.82. The molecule has 5 heteroatoms. The van der Waals surface area contributed by atoms with E-state index < -0.39 is 11.7 Å². The molecule has 1 N–H and O–H groups in total. The lowest BCUT2D eigenvalue weighted by Gasteiger charge is -2.11. The van der Waals surface area contributed by atoms with Crippen molar-refractivity contribution in [1.29, 1.82) is 0 Å². The highest BCUT2D eigenvalue weighted by atomic mass is 19.1. The molecule has 4 rings (SSSR count). The number of carbonyl (C=O) groups excluding carboxylic acids is 1. The molecule has 0 aliphatic heterocycles. The fourth-order valence-corrected chi connectivity index (χ4v) is 3.04. The summed E-state index contributed by atoms with van der Waals surface area (Å²) in [5.74, 6) is -0.818. The highest BCUT2D eigenvalue weighted by molar-refractivity contribution is 6.06. The zero-order valence-corrected chi connectivity index (χ0v) is 14.9. The van der Waals surface area contributed by atoms with Gasteiger partial charge in [-0.15, -0.1) is 0 Å². The molecule has 0 saturated heterocycles. The van der Waals surface area contributed by atoms with Crippen LogP contribution < -0.4 is 5.32 Å². The van der Waals surface area contributed by atoms with Gasteiger partial charge in [0.15, 0.2) is 17.8 Å². The maximum Gasteiger partial charge on any atom is 0.278 e. The number of benzene rings is 3. The quantitative estimate of drug-likeness (QED) is 0.516. The lowest BCUT2D eigenvalue weighted by atomic mass is 10.0. The van der Waals surface area contributed by atoms with Gasteiger partial charge in [-0.2, -0.15) is 0 Å². The van der Waals surface area contributed by atoms with Crippen molar-refractivity contribution in [1.82, 2.24) is 4.98 Å². The van der Waals surface area contributed by atoms with Gasteiger partial charge in [-0.3, -0.25) is 4.79 Å². The van der Waals surface area contributed by atoms with E-state index in [4.69, 9.17) is 4.42 Å². The largest absolute Gasteiger partial charge is 0.443 e. The molecule has 1 aromatic heterocycles. The number of para-hydroxylation sites is 1. The molecule has 4 nitrogen and oxygen atoms in total. The van der Waals surface area contributed by atoms with Gasteiger partial charge in [0, 0.05) is 5.69 Å². The molecule has 0 unspecified atom stereocenters. The van der Waals surface area contributed by atoms with Gasteiger partial charge in [-0.25, -0.2) is 9.37 Å². The van der Waals surface area contributed by atoms with Gasteiger partial charge in [0.2, 0.25) is 0 Å². The van der Waals surface area contributed by atoms with E-state index >= 15 is 0 Å². The van der Waals surface area contributed by atoms with Crippen LogP contribution in [0.25, 0.3) is 11.3 Å². The van der Waals surface area contributed by atoms with E-state index in [0.29, 0.717) is 12.1 Å². The average molecular weight is 372 g/mol. The second-order valence-electron chi connectivity index (χ2n) is 6.28. The summed E-state index contributed by atoms with van der Waals surface area (Å²) in [6.45, 7) is 0. The first kappa shape index (κ1) is 17.7. The molecule has 28 heavy (non-hydrogen) atoms. The van der Waals surface area contributed by atoms with Crippen molar-refractivity contribution in [2.75, 3.05) is 5.32 Å². The smallest absolute Gasteiger partial charge is 0.278 e. The number of aromatic nitrogens is 1. The molecular weight excluding hydrogens is 355 g/mol. The lowest BCUT2D eigenvalue weighted by molar-refractivity contribution is 0.102. The molecule has 0 spiro atoms. The number of hydrogen-bond acceptors (Lipinski definition) is 3. The average Bonchev–Trinajstić information content (AvgIpc) is 3.20. The Balaban J connectivity index is 1.61. The summed E-state index contributed by atoms with van der Waals surface area (Å²) in [4.78, 5) is 16.8. The summed E-state index contributed by atoms with van der Waals surface area (Å²) < 4.78 is 19.4.